The first-order chi connectivity index (χ1) is 19.0. The largest absolute Gasteiger partial charge is 0.497 e. The third-order valence-electron chi connectivity index (χ3n) is 6.48. The SMILES string of the molecule is CC[C@@H](C)NC(=O)[C@@H](C)N(Cc1ccc(F)cc1)C(=O)CN(c1ccc(F)cc1)S(=O)(=O)c1ccc(OC)cc1. The molecule has 0 spiro atoms. The lowest BCUT2D eigenvalue weighted by Gasteiger charge is -2.32. The van der Waals surface area contributed by atoms with Crippen LogP contribution >= 0.6 is 0 Å². The van der Waals surface area contributed by atoms with E-state index in [4.69, 9.17) is 4.74 Å². The van der Waals surface area contributed by atoms with Gasteiger partial charge in [-0.2, -0.15) is 0 Å². The predicted molar refractivity (Wildman–Crippen MR) is 148 cm³/mol. The van der Waals surface area contributed by atoms with Crippen molar-refractivity contribution in [1.82, 2.24) is 10.2 Å². The van der Waals surface area contributed by atoms with Crippen LogP contribution in [0.2, 0.25) is 0 Å². The van der Waals surface area contributed by atoms with Crippen LogP contribution in [0, 0.1) is 11.6 Å². The summed E-state index contributed by atoms with van der Waals surface area (Å²) in [5, 5.41) is 2.84. The normalized spacial score (nSPS) is 12.8. The van der Waals surface area contributed by atoms with Crippen LogP contribution in [0.25, 0.3) is 0 Å². The summed E-state index contributed by atoms with van der Waals surface area (Å²) in [6, 6.07) is 14.6. The number of halogens is 2. The van der Waals surface area contributed by atoms with Crippen molar-refractivity contribution in [2.24, 2.45) is 0 Å². The Morgan fingerprint density at radius 3 is 1.98 bits per heavy atom. The number of ether oxygens (including phenoxy) is 1. The lowest BCUT2D eigenvalue weighted by Crippen LogP contribution is -2.52. The minimum Gasteiger partial charge on any atom is -0.497 e. The standard InChI is InChI=1S/C29H33F2N3O5S/c1-5-20(2)32-29(36)21(3)33(18-22-6-8-23(30)9-7-22)28(35)19-34(25-12-10-24(31)11-13-25)40(37,38)27-16-14-26(39-4)15-17-27/h6-17,20-21H,5,18-19H2,1-4H3,(H,32,36)/t20-,21-/m1/s1. The van der Waals surface area contributed by atoms with Crippen molar-refractivity contribution in [3.63, 3.8) is 0 Å². The second-order valence-electron chi connectivity index (χ2n) is 9.31. The average Bonchev–Trinajstić information content (AvgIpc) is 2.95. The van der Waals surface area contributed by atoms with Crippen LogP contribution in [-0.2, 0) is 26.2 Å². The third-order valence-corrected chi connectivity index (χ3v) is 8.26. The fourth-order valence-corrected chi connectivity index (χ4v) is 5.26. The molecule has 0 unspecified atom stereocenters. The Labute approximate surface area is 233 Å². The maximum atomic E-state index is 13.8. The molecular weight excluding hydrogens is 540 g/mol. The van der Waals surface area contributed by atoms with Crippen LogP contribution in [0.5, 0.6) is 5.75 Å². The fraction of sp³-hybridized carbons (Fsp3) is 0.310. The number of nitrogens with zero attached hydrogens (tertiary/aromatic N) is 2. The molecule has 0 aliphatic rings. The van der Waals surface area contributed by atoms with E-state index in [0.717, 1.165) is 16.4 Å². The molecule has 8 nitrogen and oxygen atoms in total. The summed E-state index contributed by atoms with van der Waals surface area (Å²) >= 11 is 0. The number of rotatable bonds is 12. The summed E-state index contributed by atoms with van der Waals surface area (Å²) in [5.74, 6) is -1.70. The minimum absolute atomic E-state index is 0.0593. The highest BCUT2D eigenvalue weighted by molar-refractivity contribution is 7.92. The number of amides is 2. The third kappa shape index (κ3) is 7.56. The summed E-state index contributed by atoms with van der Waals surface area (Å²) in [4.78, 5) is 28.0. The molecule has 0 saturated heterocycles. The molecule has 1 N–H and O–H groups in total. The molecule has 2 atom stereocenters. The second kappa shape index (κ2) is 13.4. The number of hydrogen-bond acceptors (Lipinski definition) is 5. The fourth-order valence-electron chi connectivity index (χ4n) is 3.85. The number of anilines is 1. The first kappa shape index (κ1) is 30.6. The quantitative estimate of drug-likeness (QED) is 0.344. The molecule has 214 valence electrons. The van der Waals surface area contributed by atoms with E-state index in [-0.39, 0.29) is 23.2 Å². The smallest absolute Gasteiger partial charge is 0.264 e. The van der Waals surface area contributed by atoms with Gasteiger partial charge in [-0.15, -0.1) is 0 Å². The van der Waals surface area contributed by atoms with E-state index in [2.05, 4.69) is 5.32 Å². The highest BCUT2D eigenvalue weighted by atomic mass is 32.2. The van der Waals surface area contributed by atoms with Crippen molar-refractivity contribution in [2.45, 2.75) is 50.7 Å². The summed E-state index contributed by atoms with van der Waals surface area (Å²) in [6.45, 7) is 4.52. The number of methoxy groups -OCH3 is 1. The van der Waals surface area contributed by atoms with E-state index >= 15 is 0 Å². The van der Waals surface area contributed by atoms with Crippen molar-refractivity contribution in [3.8, 4) is 5.75 Å². The van der Waals surface area contributed by atoms with Crippen molar-refractivity contribution >= 4 is 27.5 Å². The van der Waals surface area contributed by atoms with Gasteiger partial charge in [-0.1, -0.05) is 19.1 Å². The predicted octanol–water partition coefficient (Wildman–Crippen LogP) is 4.50. The molecule has 11 heteroatoms. The van der Waals surface area contributed by atoms with Crippen LogP contribution in [0.3, 0.4) is 0 Å². The van der Waals surface area contributed by atoms with Crippen LogP contribution < -0.4 is 14.4 Å². The zero-order chi connectivity index (χ0) is 29.4. The lowest BCUT2D eigenvalue weighted by atomic mass is 10.1. The van der Waals surface area contributed by atoms with Gasteiger partial charge < -0.3 is 15.0 Å². The summed E-state index contributed by atoms with van der Waals surface area (Å²) in [7, 11) is -2.86. The molecule has 0 radical (unpaired) electrons. The highest BCUT2D eigenvalue weighted by Crippen LogP contribution is 2.26. The van der Waals surface area contributed by atoms with Crippen LogP contribution in [0.1, 0.15) is 32.8 Å². The Hall–Kier alpha value is -3.99. The lowest BCUT2D eigenvalue weighted by molar-refractivity contribution is -0.139. The van der Waals surface area contributed by atoms with Gasteiger partial charge in [0.15, 0.2) is 0 Å². The van der Waals surface area contributed by atoms with E-state index in [1.54, 1.807) is 6.92 Å². The topological polar surface area (TPSA) is 96.0 Å². The van der Waals surface area contributed by atoms with Gasteiger partial charge in [0.05, 0.1) is 17.7 Å². The van der Waals surface area contributed by atoms with Crippen LogP contribution in [0.4, 0.5) is 14.5 Å². The van der Waals surface area contributed by atoms with E-state index < -0.39 is 46.1 Å². The second-order valence-corrected chi connectivity index (χ2v) is 11.2. The Balaban J connectivity index is 2.01. The molecule has 40 heavy (non-hydrogen) atoms. The molecule has 0 aliphatic carbocycles. The van der Waals surface area contributed by atoms with E-state index in [0.29, 0.717) is 17.7 Å². The monoisotopic (exact) mass is 573 g/mol. The van der Waals surface area contributed by atoms with Gasteiger partial charge in [0.1, 0.15) is 30.0 Å². The highest BCUT2D eigenvalue weighted by Gasteiger charge is 2.33. The summed E-state index contributed by atoms with van der Waals surface area (Å²) < 4.78 is 60.7. The van der Waals surface area contributed by atoms with Crippen LogP contribution in [0.15, 0.2) is 77.7 Å². The van der Waals surface area contributed by atoms with Crippen molar-refractivity contribution in [3.05, 3.63) is 90.0 Å². The number of carbonyl (C=O) groups is 2. The number of benzene rings is 3. The molecule has 3 aromatic rings. The Morgan fingerprint density at radius 1 is 0.900 bits per heavy atom. The molecule has 3 aromatic carbocycles. The Bertz CT molecular complexity index is 1400. The van der Waals surface area contributed by atoms with Crippen molar-refractivity contribution in [1.29, 1.82) is 0 Å². The molecule has 0 heterocycles. The zero-order valence-corrected chi connectivity index (χ0v) is 23.6. The number of carbonyl (C=O) groups excluding carboxylic acids is 2. The molecular formula is C29H33F2N3O5S. The van der Waals surface area contributed by atoms with E-state index in [9.17, 15) is 26.8 Å². The zero-order valence-electron chi connectivity index (χ0n) is 22.8. The van der Waals surface area contributed by atoms with Gasteiger partial charge in [0, 0.05) is 12.6 Å². The van der Waals surface area contributed by atoms with Crippen LogP contribution in [-0.4, -0.2) is 50.9 Å². The first-order valence-corrected chi connectivity index (χ1v) is 14.2. The molecule has 3 rings (SSSR count). The maximum Gasteiger partial charge on any atom is 0.264 e. The number of hydrogen-bond donors (Lipinski definition) is 1. The number of nitrogens with one attached hydrogen (secondary N) is 1. The minimum atomic E-state index is -4.31. The summed E-state index contributed by atoms with van der Waals surface area (Å²) in [6.07, 6.45) is 0.669. The van der Waals surface area contributed by atoms with Crippen molar-refractivity contribution in [2.75, 3.05) is 18.0 Å². The van der Waals surface area contributed by atoms with E-state index in [1.165, 1.54) is 72.7 Å². The average molecular weight is 574 g/mol. The van der Waals surface area contributed by atoms with Gasteiger partial charge >= 0.3 is 0 Å². The van der Waals surface area contributed by atoms with Gasteiger partial charge in [-0.05, 0) is 86.5 Å². The Morgan fingerprint density at radius 2 is 1.45 bits per heavy atom. The first-order valence-electron chi connectivity index (χ1n) is 12.7. The molecule has 0 aromatic heterocycles. The number of sulfonamides is 1. The van der Waals surface area contributed by atoms with Gasteiger partial charge in [-0.25, -0.2) is 17.2 Å². The van der Waals surface area contributed by atoms with Gasteiger partial charge in [0.25, 0.3) is 10.0 Å². The van der Waals surface area contributed by atoms with Gasteiger partial charge in [-0.3, -0.25) is 13.9 Å². The maximum absolute atomic E-state index is 13.8. The summed E-state index contributed by atoms with van der Waals surface area (Å²) in [5.41, 5.74) is 0.605. The molecule has 0 bridgehead atoms. The molecule has 0 fully saturated rings. The molecule has 0 saturated carbocycles. The van der Waals surface area contributed by atoms with Gasteiger partial charge in [0.2, 0.25) is 11.8 Å². The van der Waals surface area contributed by atoms with Crippen molar-refractivity contribution < 1.29 is 31.5 Å². The Kier molecular flexibility index (Phi) is 10.2. The molecule has 2 amide bonds. The molecule has 0 aliphatic heterocycles. The van der Waals surface area contributed by atoms with E-state index in [1.807, 2.05) is 13.8 Å².